The molecule has 0 aromatic carbocycles. The molecule has 0 spiro atoms. The minimum atomic E-state index is -0.0926. The van der Waals surface area contributed by atoms with Crippen molar-refractivity contribution in [2.45, 2.75) is 26.7 Å². The van der Waals surface area contributed by atoms with Gasteiger partial charge in [-0.1, -0.05) is 0 Å². The molecular weight excluding hydrogens is 385 g/mol. The van der Waals surface area contributed by atoms with Crippen molar-refractivity contribution in [2.75, 3.05) is 46.5 Å². The number of aliphatic imine (C=N–C) groups is 1. The Labute approximate surface area is 144 Å². The van der Waals surface area contributed by atoms with Crippen molar-refractivity contribution < 1.29 is 14.3 Å². The fourth-order valence-corrected chi connectivity index (χ4v) is 2.29. The number of hydrogen-bond donors (Lipinski definition) is 1. The smallest absolute Gasteiger partial charge is 0.310 e. The molecule has 1 N–H and O–H groups in total. The average molecular weight is 413 g/mol. The molecular formula is C14H28IN3O3. The van der Waals surface area contributed by atoms with Gasteiger partial charge in [0.1, 0.15) is 0 Å². The molecule has 1 aliphatic rings. The van der Waals surface area contributed by atoms with E-state index >= 15 is 0 Å². The summed E-state index contributed by atoms with van der Waals surface area (Å²) in [5, 5.41) is 3.27. The summed E-state index contributed by atoms with van der Waals surface area (Å²) in [6, 6.07) is 0. The van der Waals surface area contributed by atoms with E-state index in [2.05, 4.69) is 15.2 Å². The first-order valence-electron chi connectivity index (χ1n) is 7.41. The van der Waals surface area contributed by atoms with Crippen LogP contribution in [0.1, 0.15) is 26.7 Å². The van der Waals surface area contributed by atoms with Crippen molar-refractivity contribution in [3.8, 4) is 0 Å². The minimum Gasteiger partial charge on any atom is -0.466 e. The number of esters is 1. The third-order valence-corrected chi connectivity index (χ3v) is 3.23. The molecule has 1 saturated heterocycles. The Morgan fingerprint density at radius 2 is 2.19 bits per heavy atom. The average Bonchev–Trinajstić information content (AvgIpc) is 2.47. The van der Waals surface area contributed by atoms with Gasteiger partial charge in [0.2, 0.25) is 0 Å². The van der Waals surface area contributed by atoms with E-state index in [1.807, 2.05) is 13.8 Å². The number of nitrogens with one attached hydrogen (secondary N) is 1. The molecule has 21 heavy (non-hydrogen) atoms. The molecule has 0 bridgehead atoms. The van der Waals surface area contributed by atoms with Gasteiger partial charge >= 0.3 is 5.97 Å². The number of guanidine groups is 1. The lowest BCUT2D eigenvalue weighted by molar-refractivity contribution is -0.149. The number of rotatable bonds is 6. The molecule has 1 rings (SSSR count). The number of ether oxygens (including phenoxy) is 2. The lowest BCUT2D eigenvalue weighted by Gasteiger charge is -2.34. The molecule has 0 radical (unpaired) electrons. The summed E-state index contributed by atoms with van der Waals surface area (Å²) in [5.74, 6) is 0.721. The van der Waals surface area contributed by atoms with Crippen LogP contribution in [0.2, 0.25) is 0 Å². The van der Waals surface area contributed by atoms with Crippen molar-refractivity contribution in [3.63, 3.8) is 0 Å². The highest BCUT2D eigenvalue weighted by atomic mass is 127. The minimum absolute atomic E-state index is 0. The fraction of sp³-hybridized carbons (Fsp3) is 0.857. The molecule has 1 heterocycles. The summed E-state index contributed by atoms with van der Waals surface area (Å²) in [7, 11) is 1.67. The first kappa shape index (κ1) is 20.4. The molecule has 0 aliphatic carbocycles. The maximum atomic E-state index is 11.9. The van der Waals surface area contributed by atoms with Gasteiger partial charge in [0.25, 0.3) is 0 Å². The lowest BCUT2D eigenvalue weighted by Crippen LogP contribution is -2.48. The van der Waals surface area contributed by atoms with Crippen molar-refractivity contribution >= 4 is 35.9 Å². The van der Waals surface area contributed by atoms with Crippen LogP contribution in [0.4, 0.5) is 0 Å². The molecule has 6 nitrogen and oxygen atoms in total. The maximum Gasteiger partial charge on any atom is 0.310 e. The fourth-order valence-electron chi connectivity index (χ4n) is 2.29. The predicted octanol–water partition coefficient (Wildman–Crippen LogP) is 1.49. The van der Waals surface area contributed by atoms with Crippen LogP contribution in [-0.2, 0) is 14.3 Å². The van der Waals surface area contributed by atoms with Crippen LogP contribution in [0.5, 0.6) is 0 Å². The van der Waals surface area contributed by atoms with E-state index < -0.39 is 0 Å². The van der Waals surface area contributed by atoms with Gasteiger partial charge in [0.05, 0.1) is 25.7 Å². The normalized spacial score (nSPS) is 18.9. The standard InChI is InChI=1S/C14H27N3O3.HI/c1-4-15-14(16-8-10-19-3)17-9-6-7-12(11-17)13(18)20-5-2;/h12H,4-11H2,1-3H3,(H,15,16);1H. The third-order valence-electron chi connectivity index (χ3n) is 3.23. The Bertz CT molecular complexity index is 327. The summed E-state index contributed by atoms with van der Waals surface area (Å²) >= 11 is 0. The zero-order chi connectivity index (χ0) is 14.8. The molecule has 1 atom stereocenters. The van der Waals surface area contributed by atoms with Crippen LogP contribution in [0, 0.1) is 5.92 Å². The third kappa shape index (κ3) is 7.30. The van der Waals surface area contributed by atoms with Crippen molar-refractivity contribution in [3.05, 3.63) is 0 Å². The number of carbonyl (C=O) groups is 1. The summed E-state index contributed by atoms with van der Waals surface area (Å²) in [6.07, 6.45) is 1.88. The van der Waals surface area contributed by atoms with Gasteiger partial charge in [-0.25, -0.2) is 0 Å². The van der Waals surface area contributed by atoms with E-state index in [-0.39, 0.29) is 35.9 Å². The van der Waals surface area contributed by atoms with Gasteiger partial charge in [-0.05, 0) is 26.7 Å². The first-order valence-corrected chi connectivity index (χ1v) is 7.41. The lowest BCUT2D eigenvalue weighted by atomic mass is 9.98. The zero-order valence-corrected chi connectivity index (χ0v) is 15.6. The van der Waals surface area contributed by atoms with E-state index in [0.29, 0.717) is 26.3 Å². The number of piperidine rings is 1. The molecule has 124 valence electrons. The topological polar surface area (TPSA) is 63.2 Å². The molecule has 0 aromatic heterocycles. The Morgan fingerprint density at radius 1 is 1.43 bits per heavy atom. The van der Waals surface area contributed by atoms with E-state index in [1.165, 1.54) is 0 Å². The van der Waals surface area contributed by atoms with Crippen LogP contribution in [0.15, 0.2) is 4.99 Å². The molecule has 1 aliphatic heterocycles. The summed E-state index contributed by atoms with van der Waals surface area (Å²) < 4.78 is 10.1. The van der Waals surface area contributed by atoms with Crippen molar-refractivity contribution in [1.29, 1.82) is 0 Å². The largest absolute Gasteiger partial charge is 0.466 e. The van der Waals surface area contributed by atoms with Crippen molar-refractivity contribution in [1.82, 2.24) is 10.2 Å². The molecule has 1 fully saturated rings. The van der Waals surface area contributed by atoms with E-state index in [9.17, 15) is 4.79 Å². The van der Waals surface area contributed by atoms with Gasteiger partial charge in [-0.2, -0.15) is 0 Å². The molecule has 7 heteroatoms. The maximum absolute atomic E-state index is 11.9. The second-order valence-electron chi connectivity index (χ2n) is 4.77. The number of halogens is 1. The van der Waals surface area contributed by atoms with Crippen LogP contribution in [0.25, 0.3) is 0 Å². The highest BCUT2D eigenvalue weighted by Crippen LogP contribution is 2.18. The molecule has 0 amide bonds. The van der Waals surface area contributed by atoms with E-state index in [1.54, 1.807) is 7.11 Å². The van der Waals surface area contributed by atoms with E-state index in [0.717, 1.165) is 31.9 Å². The van der Waals surface area contributed by atoms with Gasteiger partial charge in [-0.15, -0.1) is 24.0 Å². The number of nitrogens with zero attached hydrogens (tertiary/aromatic N) is 2. The van der Waals surface area contributed by atoms with Crippen LogP contribution in [0.3, 0.4) is 0 Å². The van der Waals surface area contributed by atoms with Gasteiger partial charge < -0.3 is 19.7 Å². The number of carbonyl (C=O) groups excluding carboxylic acids is 1. The van der Waals surface area contributed by atoms with E-state index in [4.69, 9.17) is 9.47 Å². The second kappa shape index (κ2) is 12.0. The number of likely N-dealkylation sites (tertiary alicyclic amines) is 1. The molecule has 0 saturated carbocycles. The highest BCUT2D eigenvalue weighted by Gasteiger charge is 2.28. The molecule has 0 aromatic rings. The number of hydrogen-bond acceptors (Lipinski definition) is 4. The van der Waals surface area contributed by atoms with Gasteiger partial charge in [-0.3, -0.25) is 9.79 Å². The number of methoxy groups -OCH3 is 1. The predicted molar refractivity (Wildman–Crippen MR) is 94.2 cm³/mol. The second-order valence-corrected chi connectivity index (χ2v) is 4.77. The zero-order valence-electron chi connectivity index (χ0n) is 13.3. The highest BCUT2D eigenvalue weighted by molar-refractivity contribution is 14.0. The SMILES string of the molecule is CCNC(=NCCOC)N1CCCC(C(=O)OCC)C1.I. The Hall–Kier alpha value is -0.570. The Kier molecular flexibility index (Phi) is 11.7. The van der Waals surface area contributed by atoms with Crippen molar-refractivity contribution in [2.24, 2.45) is 10.9 Å². The van der Waals surface area contributed by atoms with Crippen LogP contribution in [-0.4, -0.2) is 63.3 Å². The first-order chi connectivity index (χ1) is 9.72. The van der Waals surface area contributed by atoms with Crippen LogP contribution >= 0.6 is 24.0 Å². The monoisotopic (exact) mass is 413 g/mol. The summed E-state index contributed by atoms with van der Waals surface area (Å²) in [5.41, 5.74) is 0. The van der Waals surface area contributed by atoms with Crippen LogP contribution < -0.4 is 5.32 Å². The molecule has 1 unspecified atom stereocenters. The Morgan fingerprint density at radius 3 is 2.81 bits per heavy atom. The summed E-state index contributed by atoms with van der Waals surface area (Å²) in [4.78, 5) is 18.5. The Balaban J connectivity index is 0.00000400. The quantitative estimate of drug-likeness (QED) is 0.235. The van der Waals surface area contributed by atoms with Gasteiger partial charge in [0.15, 0.2) is 5.96 Å². The van der Waals surface area contributed by atoms with Gasteiger partial charge in [0, 0.05) is 26.7 Å². The summed E-state index contributed by atoms with van der Waals surface area (Å²) in [6.45, 7) is 7.97.